The Morgan fingerprint density at radius 2 is 2.17 bits per heavy atom. The molecule has 0 radical (unpaired) electrons. The zero-order valence-electron chi connectivity index (χ0n) is 7.41. The molecule has 2 aromatic rings. The quantitative estimate of drug-likeness (QED) is 0.616. The van der Waals surface area contributed by atoms with E-state index in [2.05, 4.69) is 41.6 Å². The molecule has 2 aromatic heterocycles. The lowest BCUT2D eigenvalue weighted by atomic mass is 10.1. The minimum Gasteiger partial charge on any atom is -0.243 e. The van der Waals surface area contributed by atoms with E-state index in [9.17, 15) is 0 Å². The molecule has 0 aliphatic carbocycles. The number of H-pyrrole nitrogens is 1. The van der Waals surface area contributed by atoms with Crippen molar-refractivity contribution in [3.63, 3.8) is 0 Å². The Balaban J connectivity index is 2.60. The van der Waals surface area contributed by atoms with Crippen LogP contribution < -0.4 is 4.40 Å². The maximum Gasteiger partial charge on any atom is 0.283 e. The van der Waals surface area contributed by atoms with E-state index in [-0.39, 0.29) is 0 Å². The second-order valence-corrected chi connectivity index (χ2v) is 3.37. The SMILES string of the molecule is CC(C)c1ccc2[nH]cc[n+]2c1. The summed E-state index contributed by atoms with van der Waals surface area (Å²) < 4.78 is 2.11. The first-order chi connectivity index (χ1) is 5.77. The van der Waals surface area contributed by atoms with Gasteiger partial charge in [-0.2, -0.15) is 0 Å². The number of rotatable bonds is 1. The van der Waals surface area contributed by atoms with Crippen LogP contribution in [0.5, 0.6) is 0 Å². The number of aromatic amines is 1. The smallest absolute Gasteiger partial charge is 0.243 e. The summed E-state index contributed by atoms with van der Waals surface area (Å²) in [6, 6.07) is 4.27. The van der Waals surface area contributed by atoms with E-state index in [1.807, 2.05) is 12.4 Å². The van der Waals surface area contributed by atoms with Crippen LogP contribution in [-0.2, 0) is 0 Å². The van der Waals surface area contributed by atoms with Gasteiger partial charge in [-0.3, -0.25) is 0 Å². The molecule has 0 bridgehead atoms. The predicted octanol–water partition coefficient (Wildman–Crippen LogP) is 1.88. The van der Waals surface area contributed by atoms with E-state index in [0.29, 0.717) is 5.92 Å². The number of hydrogen-bond acceptors (Lipinski definition) is 0. The van der Waals surface area contributed by atoms with Crippen LogP contribution in [0.4, 0.5) is 0 Å². The Morgan fingerprint density at radius 1 is 1.33 bits per heavy atom. The Morgan fingerprint density at radius 3 is 2.92 bits per heavy atom. The van der Waals surface area contributed by atoms with E-state index in [4.69, 9.17) is 0 Å². The van der Waals surface area contributed by atoms with E-state index in [1.165, 1.54) is 5.56 Å². The largest absolute Gasteiger partial charge is 0.283 e. The normalized spacial score (nSPS) is 11.2. The van der Waals surface area contributed by atoms with Gasteiger partial charge in [0.05, 0.1) is 6.20 Å². The van der Waals surface area contributed by atoms with Gasteiger partial charge >= 0.3 is 0 Å². The van der Waals surface area contributed by atoms with Gasteiger partial charge < -0.3 is 0 Å². The zero-order valence-corrected chi connectivity index (χ0v) is 7.41. The molecule has 2 rings (SSSR count). The molecular weight excluding hydrogens is 148 g/mol. The molecular formula is C10H13N2+. The standard InChI is InChI=1S/C10H12N2/c1-8(2)9-3-4-10-11-5-6-12(10)7-9/h3-8H,1-2H3/p+1. The molecule has 0 fully saturated rings. The number of aromatic nitrogens is 2. The molecule has 0 saturated heterocycles. The molecule has 0 spiro atoms. The number of fused-ring (bicyclic) bond motifs is 1. The fraction of sp³-hybridized carbons (Fsp3) is 0.300. The van der Waals surface area contributed by atoms with Gasteiger partial charge in [0.15, 0.2) is 0 Å². The van der Waals surface area contributed by atoms with Crippen molar-refractivity contribution in [1.82, 2.24) is 4.98 Å². The van der Waals surface area contributed by atoms with Gasteiger partial charge in [-0.25, -0.2) is 9.38 Å². The zero-order chi connectivity index (χ0) is 8.55. The van der Waals surface area contributed by atoms with Crippen molar-refractivity contribution in [1.29, 1.82) is 0 Å². The molecule has 2 nitrogen and oxygen atoms in total. The Bertz CT molecular complexity index is 387. The fourth-order valence-corrected chi connectivity index (χ4v) is 1.32. The van der Waals surface area contributed by atoms with Crippen molar-refractivity contribution >= 4 is 5.65 Å². The monoisotopic (exact) mass is 161 g/mol. The van der Waals surface area contributed by atoms with Crippen LogP contribution in [0.2, 0.25) is 0 Å². The topological polar surface area (TPSA) is 19.9 Å². The lowest BCUT2D eigenvalue weighted by Gasteiger charge is -2.01. The lowest BCUT2D eigenvalue weighted by Crippen LogP contribution is -2.18. The second-order valence-electron chi connectivity index (χ2n) is 3.37. The van der Waals surface area contributed by atoms with Crippen molar-refractivity contribution in [2.75, 3.05) is 0 Å². The summed E-state index contributed by atoms with van der Waals surface area (Å²) in [6.07, 6.45) is 6.14. The average molecular weight is 161 g/mol. The maximum atomic E-state index is 3.15. The van der Waals surface area contributed by atoms with Crippen molar-refractivity contribution in [3.8, 4) is 0 Å². The summed E-state index contributed by atoms with van der Waals surface area (Å²) in [5.41, 5.74) is 2.51. The fourth-order valence-electron chi connectivity index (χ4n) is 1.32. The number of nitrogens with one attached hydrogen (secondary N) is 1. The molecule has 0 aliphatic heterocycles. The number of hydrogen-bond donors (Lipinski definition) is 1. The Kier molecular flexibility index (Phi) is 1.61. The van der Waals surface area contributed by atoms with Crippen molar-refractivity contribution in [3.05, 3.63) is 36.3 Å². The van der Waals surface area contributed by atoms with Gasteiger partial charge in [-0.05, 0) is 17.5 Å². The highest BCUT2D eigenvalue weighted by Crippen LogP contribution is 2.11. The van der Waals surface area contributed by atoms with Crippen molar-refractivity contribution < 1.29 is 4.40 Å². The van der Waals surface area contributed by atoms with Gasteiger partial charge in [-0.15, -0.1) is 0 Å². The van der Waals surface area contributed by atoms with Crippen LogP contribution >= 0.6 is 0 Å². The van der Waals surface area contributed by atoms with Crippen molar-refractivity contribution in [2.24, 2.45) is 0 Å². The van der Waals surface area contributed by atoms with Gasteiger partial charge in [0, 0.05) is 6.07 Å². The molecule has 0 atom stereocenters. The van der Waals surface area contributed by atoms with E-state index in [1.54, 1.807) is 0 Å². The Labute approximate surface area is 71.9 Å². The molecule has 0 aliphatic rings. The molecule has 2 heterocycles. The van der Waals surface area contributed by atoms with E-state index >= 15 is 0 Å². The van der Waals surface area contributed by atoms with Crippen LogP contribution in [0.15, 0.2) is 30.7 Å². The highest BCUT2D eigenvalue weighted by molar-refractivity contribution is 5.30. The van der Waals surface area contributed by atoms with Gasteiger partial charge in [-0.1, -0.05) is 13.8 Å². The second kappa shape index (κ2) is 2.63. The number of nitrogens with zero attached hydrogens (tertiary/aromatic N) is 1. The van der Waals surface area contributed by atoms with E-state index in [0.717, 1.165) is 5.65 Å². The minimum atomic E-state index is 0.594. The highest BCUT2D eigenvalue weighted by Gasteiger charge is 2.04. The molecule has 0 amide bonds. The molecule has 0 aromatic carbocycles. The summed E-state index contributed by atoms with van der Waals surface area (Å²) in [4.78, 5) is 3.15. The summed E-state index contributed by atoms with van der Waals surface area (Å²) in [6.45, 7) is 4.41. The van der Waals surface area contributed by atoms with Crippen LogP contribution in [0.1, 0.15) is 25.3 Å². The highest BCUT2D eigenvalue weighted by atomic mass is 15.0. The van der Waals surface area contributed by atoms with Crippen LogP contribution in [0.25, 0.3) is 5.65 Å². The Hall–Kier alpha value is -1.31. The predicted molar refractivity (Wildman–Crippen MR) is 48.0 cm³/mol. The summed E-state index contributed by atoms with van der Waals surface area (Å²) in [5.74, 6) is 0.594. The first kappa shape index (κ1) is 7.35. The van der Waals surface area contributed by atoms with Gasteiger partial charge in [0.25, 0.3) is 5.65 Å². The van der Waals surface area contributed by atoms with Crippen LogP contribution in [0.3, 0.4) is 0 Å². The van der Waals surface area contributed by atoms with Crippen molar-refractivity contribution in [2.45, 2.75) is 19.8 Å². The third-order valence-electron chi connectivity index (χ3n) is 2.13. The molecule has 0 saturated carbocycles. The molecule has 0 unspecified atom stereocenters. The molecule has 62 valence electrons. The first-order valence-corrected chi connectivity index (χ1v) is 4.25. The van der Waals surface area contributed by atoms with Gasteiger partial charge in [0.1, 0.15) is 12.4 Å². The molecule has 12 heavy (non-hydrogen) atoms. The number of imidazole rings is 1. The molecule has 1 N–H and O–H groups in total. The van der Waals surface area contributed by atoms with Crippen LogP contribution in [-0.4, -0.2) is 4.98 Å². The third-order valence-corrected chi connectivity index (χ3v) is 2.13. The van der Waals surface area contributed by atoms with Gasteiger partial charge in [0.2, 0.25) is 0 Å². The molecule has 2 heteroatoms. The third kappa shape index (κ3) is 1.09. The number of pyridine rings is 1. The summed E-state index contributed by atoms with van der Waals surface area (Å²) >= 11 is 0. The van der Waals surface area contributed by atoms with E-state index < -0.39 is 0 Å². The summed E-state index contributed by atoms with van der Waals surface area (Å²) in [7, 11) is 0. The van der Waals surface area contributed by atoms with Crippen LogP contribution in [0, 0.1) is 0 Å². The summed E-state index contributed by atoms with van der Waals surface area (Å²) in [5, 5.41) is 0. The minimum absolute atomic E-state index is 0.594. The lowest BCUT2D eigenvalue weighted by molar-refractivity contribution is -0.510. The maximum absolute atomic E-state index is 3.15. The first-order valence-electron chi connectivity index (χ1n) is 4.25. The average Bonchev–Trinajstić information content (AvgIpc) is 2.49.